The van der Waals surface area contributed by atoms with Gasteiger partial charge < -0.3 is 15.3 Å². The average molecular weight is 463 g/mol. The monoisotopic (exact) mass is 462 g/mol. The number of hydroxylamine groups is 1. The van der Waals surface area contributed by atoms with Crippen molar-refractivity contribution in [1.82, 2.24) is 5.48 Å². The van der Waals surface area contributed by atoms with Gasteiger partial charge >= 0.3 is 0 Å². The van der Waals surface area contributed by atoms with Crippen LogP contribution in [-0.4, -0.2) is 32.9 Å². The smallest absolute Gasteiger partial charge is 0.133 e. The van der Waals surface area contributed by atoms with E-state index in [1.807, 2.05) is 57.0 Å². The van der Waals surface area contributed by atoms with Gasteiger partial charge in [-0.1, -0.05) is 44.2 Å². The van der Waals surface area contributed by atoms with E-state index in [0.717, 1.165) is 12.1 Å². The van der Waals surface area contributed by atoms with Crippen LogP contribution >= 0.6 is 0 Å². The van der Waals surface area contributed by atoms with Gasteiger partial charge in [0, 0.05) is 43.1 Å². The predicted molar refractivity (Wildman–Crippen MR) is 125 cm³/mol. The number of amidine groups is 1. The number of halogens is 2. The molecule has 3 rings (SSSR count). The Kier molecular flexibility index (Phi) is 16.4. The number of carbonyl (C=O) groups is 1. The number of methoxy groups -OCH3 is 1. The molecule has 33 heavy (non-hydrogen) atoms. The van der Waals surface area contributed by atoms with Crippen LogP contribution in [0.15, 0.2) is 47.5 Å². The van der Waals surface area contributed by atoms with Crippen LogP contribution in [0, 0.1) is 23.0 Å². The number of nitrogens with two attached hydrogens (primary N) is 1. The van der Waals surface area contributed by atoms with Gasteiger partial charge in [0.25, 0.3) is 0 Å². The van der Waals surface area contributed by atoms with Crippen LogP contribution in [0.5, 0.6) is 5.75 Å². The Labute approximate surface area is 194 Å². The fourth-order valence-electron chi connectivity index (χ4n) is 2.76. The first-order valence-corrected chi connectivity index (χ1v) is 10.4. The van der Waals surface area contributed by atoms with Gasteiger partial charge in [0.15, 0.2) is 0 Å². The molecule has 1 atom stereocenters. The van der Waals surface area contributed by atoms with Crippen molar-refractivity contribution in [3.8, 4) is 11.8 Å². The first-order valence-electron chi connectivity index (χ1n) is 10.4. The van der Waals surface area contributed by atoms with Gasteiger partial charge in [-0.15, -0.1) is 0 Å². The molecule has 0 spiro atoms. The second-order valence-corrected chi connectivity index (χ2v) is 6.24. The molecule has 1 aliphatic rings. The van der Waals surface area contributed by atoms with Crippen molar-refractivity contribution >= 4 is 12.6 Å². The molecule has 2 aromatic carbocycles. The third-order valence-electron chi connectivity index (χ3n) is 4.22. The number of nitriles is 1. The second kappa shape index (κ2) is 18.2. The maximum absolute atomic E-state index is 14.0. The highest BCUT2D eigenvalue weighted by Crippen LogP contribution is 2.31. The summed E-state index contributed by atoms with van der Waals surface area (Å²) >= 11 is 0. The average Bonchev–Trinajstić information content (AvgIpc) is 3.33. The number of rotatable bonds is 6. The molecule has 0 saturated heterocycles. The van der Waals surface area contributed by atoms with Crippen molar-refractivity contribution in [2.24, 2.45) is 10.7 Å². The molecule has 0 aliphatic carbocycles. The zero-order chi connectivity index (χ0) is 25.1. The molecular formula is C24H32F2N4O3. The highest BCUT2D eigenvalue weighted by Gasteiger charge is 2.27. The van der Waals surface area contributed by atoms with E-state index in [4.69, 9.17) is 25.4 Å². The molecular weight excluding hydrogens is 430 g/mol. The van der Waals surface area contributed by atoms with Gasteiger partial charge in [-0.3, -0.25) is 15.3 Å². The van der Waals surface area contributed by atoms with E-state index in [2.05, 4.69) is 10.5 Å². The maximum Gasteiger partial charge on any atom is 0.133 e. The largest absolute Gasteiger partial charge is 0.497 e. The molecule has 0 fully saturated rings. The number of hydrogen-bond acceptors (Lipinski definition) is 7. The third-order valence-corrected chi connectivity index (χ3v) is 4.22. The van der Waals surface area contributed by atoms with Gasteiger partial charge in [0.05, 0.1) is 26.2 Å². The molecule has 1 unspecified atom stereocenters. The minimum Gasteiger partial charge on any atom is -0.497 e. The fourth-order valence-corrected chi connectivity index (χ4v) is 2.76. The Morgan fingerprint density at radius 3 is 2.30 bits per heavy atom. The fraction of sp³-hybridized carbons (Fsp3) is 0.375. The summed E-state index contributed by atoms with van der Waals surface area (Å²) in [6.07, 6.45) is 0.609. The number of ether oxygens (including phenoxy) is 1. The summed E-state index contributed by atoms with van der Waals surface area (Å²) in [4.78, 5) is 17.2. The lowest BCUT2D eigenvalue weighted by Gasteiger charge is -2.13. The van der Waals surface area contributed by atoms with Crippen molar-refractivity contribution in [3.63, 3.8) is 0 Å². The number of nitrogens with one attached hydrogen (secondary N) is 1. The zero-order valence-corrected chi connectivity index (χ0v) is 19.3. The van der Waals surface area contributed by atoms with Gasteiger partial charge in [-0.05, 0) is 5.56 Å². The summed E-state index contributed by atoms with van der Waals surface area (Å²) in [5.74, 6) is -0.992. The Bertz CT molecular complexity index is 851. The number of benzene rings is 2. The molecule has 0 aromatic heterocycles. The first-order chi connectivity index (χ1) is 16.1. The lowest BCUT2D eigenvalue weighted by atomic mass is 9.96. The molecule has 1 heterocycles. The van der Waals surface area contributed by atoms with Gasteiger partial charge in [-0.2, -0.15) is 5.26 Å². The molecule has 2 aromatic rings. The summed E-state index contributed by atoms with van der Waals surface area (Å²) in [5.41, 5.74) is 9.15. The molecule has 0 saturated carbocycles. The van der Waals surface area contributed by atoms with Crippen molar-refractivity contribution in [2.75, 3.05) is 20.3 Å². The predicted octanol–water partition coefficient (Wildman–Crippen LogP) is 4.28. The van der Waals surface area contributed by atoms with E-state index >= 15 is 0 Å². The second-order valence-electron chi connectivity index (χ2n) is 6.24. The Hall–Kier alpha value is -3.35. The van der Waals surface area contributed by atoms with E-state index < -0.39 is 11.6 Å². The van der Waals surface area contributed by atoms with E-state index in [9.17, 15) is 8.78 Å². The number of aliphatic imine (C=N–C) groups is 1. The summed E-state index contributed by atoms with van der Waals surface area (Å²) < 4.78 is 32.8. The standard InChI is InChI=1S/C14H15F2N3O2.C7H9N.C2H6.CH2O/c1-20-10-6-11(15)14(12(16)7-10)9-5-13(18-8-9)19-21-4-2-3-17;8-6-7-4-2-1-3-5-7;2*1-2/h6-7,9H,2,4-5,8H2,1H3,(H,18,19);1-5H,6,8H2;1-2H3;1H2. The van der Waals surface area contributed by atoms with Crippen LogP contribution in [0.25, 0.3) is 0 Å². The third kappa shape index (κ3) is 10.7. The zero-order valence-electron chi connectivity index (χ0n) is 19.3. The van der Waals surface area contributed by atoms with Gasteiger partial charge in [-0.25, -0.2) is 8.78 Å². The summed E-state index contributed by atoms with van der Waals surface area (Å²) in [6, 6.07) is 14.2. The summed E-state index contributed by atoms with van der Waals surface area (Å²) in [5, 5.41) is 8.37. The lowest BCUT2D eigenvalue weighted by Crippen LogP contribution is -2.23. The Morgan fingerprint density at radius 1 is 1.21 bits per heavy atom. The molecule has 3 N–H and O–H groups in total. The summed E-state index contributed by atoms with van der Waals surface area (Å²) in [6.45, 7) is 7.15. The Balaban J connectivity index is 0.000000710. The lowest BCUT2D eigenvalue weighted by molar-refractivity contribution is -0.0980. The maximum atomic E-state index is 14.0. The molecule has 0 amide bonds. The van der Waals surface area contributed by atoms with Crippen molar-refractivity contribution in [3.05, 3.63) is 65.2 Å². The normalized spacial score (nSPS) is 13.5. The van der Waals surface area contributed by atoms with Crippen LogP contribution in [0.1, 0.15) is 43.7 Å². The quantitative estimate of drug-likeness (QED) is 0.490. The molecule has 180 valence electrons. The van der Waals surface area contributed by atoms with Gasteiger partial charge in [0.1, 0.15) is 30.0 Å². The first kappa shape index (κ1) is 29.7. The molecule has 0 radical (unpaired) electrons. The van der Waals surface area contributed by atoms with Crippen LogP contribution in [0.4, 0.5) is 8.78 Å². The van der Waals surface area contributed by atoms with E-state index in [0.29, 0.717) is 18.8 Å². The van der Waals surface area contributed by atoms with Crippen LogP contribution in [-0.2, 0) is 16.2 Å². The SMILES string of the molecule is C=O.CC.COc1cc(F)c(C2CN=C(NOCCC#N)C2)c(F)c1.NCc1ccccc1. The molecule has 7 nitrogen and oxygen atoms in total. The van der Waals surface area contributed by atoms with Crippen molar-refractivity contribution in [1.29, 1.82) is 5.26 Å². The van der Waals surface area contributed by atoms with Gasteiger partial charge in [0.2, 0.25) is 0 Å². The topological polar surface area (TPSA) is 110 Å². The van der Waals surface area contributed by atoms with Crippen LogP contribution < -0.4 is 16.0 Å². The highest BCUT2D eigenvalue weighted by atomic mass is 19.1. The van der Waals surface area contributed by atoms with Crippen molar-refractivity contribution < 1.29 is 23.1 Å². The number of carbonyl (C=O) groups excluding carboxylic acids is 1. The Morgan fingerprint density at radius 2 is 1.82 bits per heavy atom. The van der Waals surface area contributed by atoms with E-state index in [-0.39, 0.29) is 36.8 Å². The summed E-state index contributed by atoms with van der Waals surface area (Å²) in [7, 11) is 1.35. The van der Waals surface area contributed by atoms with Crippen LogP contribution in [0.2, 0.25) is 0 Å². The number of nitrogens with zero attached hydrogens (tertiary/aromatic N) is 2. The molecule has 0 bridgehead atoms. The van der Waals surface area contributed by atoms with E-state index in [1.54, 1.807) is 0 Å². The minimum absolute atomic E-state index is 0.00775. The molecule has 1 aliphatic heterocycles. The number of hydrogen-bond donors (Lipinski definition) is 2. The van der Waals surface area contributed by atoms with E-state index in [1.165, 1.54) is 12.7 Å². The minimum atomic E-state index is -0.640. The van der Waals surface area contributed by atoms with Crippen LogP contribution in [0.3, 0.4) is 0 Å². The van der Waals surface area contributed by atoms with Crippen molar-refractivity contribution in [2.45, 2.75) is 39.2 Å². The molecule has 9 heteroatoms. The highest BCUT2D eigenvalue weighted by molar-refractivity contribution is 5.83.